The van der Waals surface area contributed by atoms with Gasteiger partial charge in [-0.1, -0.05) is 12.1 Å². The minimum absolute atomic E-state index is 0.195. The Balaban J connectivity index is 1.53. The summed E-state index contributed by atoms with van der Waals surface area (Å²) in [5, 5.41) is 0. The van der Waals surface area contributed by atoms with Gasteiger partial charge in [0.25, 0.3) is 0 Å². The molecule has 0 saturated heterocycles. The fourth-order valence-electron chi connectivity index (χ4n) is 3.28. The quantitative estimate of drug-likeness (QED) is 0.508. The lowest BCUT2D eigenvalue weighted by Crippen LogP contribution is -1.99. The molecule has 0 aromatic heterocycles. The minimum atomic E-state index is -0.195. The average molecular weight is 418 g/mol. The molecule has 0 N–H and O–H groups in total. The summed E-state index contributed by atoms with van der Waals surface area (Å²) in [6, 6.07) is 18.2. The van der Waals surface area contributed by atoms with Gasteiger partial charge in [0.2, 0.25) is 5.78 Å². The fourth-order valence-corrected chi connectivity index (χ4v) is 3.28. The highest BCUT2D eigenvalue weighted by molar-refractivity contribution is 6.14. The summed E-state index contributed by atoms with van der Waals surface area (Å²) in [6.45, 7) is 0.369. The molecule has 0 unspecified atom stereocenters. The second-order valence-corrected chi connectivity index (χ2v) is 6.85. The number of ketones is 1. The summed E-state index contributed by atoms with van der Waals surface area (Å²) < 4.78 is 27.6. The molecule has 3 aromatic rings. The van der Waals surface area contributed by atoms with E-state index in [-0.39, 0.29) is 11.5 Å². The van der Waals surface area contributed by atoms with Crippen LogP contribution in [0.5, 0.6) is 28.7 Å². The molecule has 1 heterocycles. The molecule has 158 valence electrons. The van der Waals surface area contributed by atoms with E-state index in [9.17, 15) is 4.79 Å². The van der Waals surface area contributed by atoms with Crippen LogP contribution in [0.25, 0.3) is 6.08 Å². The number of benzene rings is 3. The van der Waals surface area contributed by atoms with Gasteiger partial charge in [-0.25, -0.2) is 0 Å². The van der Waals surface area contributed by atoms with E-state index in [0.717, 1.165) is 11.3 Å². The number of fused-ring (bicyclic) bond motifs is 1. The number of ether oxygens (including phenoxy) is 5. The first-order valence-electron chi connectivity index (χ1n) is 9.67. The Morgan fingerprint density at radius 2 is 1.61 bits per heavy atom. The van der Waals surface area contributed by atoms with Crippen molar-refractivity contribution in [2.45, 2.75) is 6.61 Å². The van der Waals surface area contributed by atoms with Crippen molar-refractivity contribution >= 4 is 11.9 Å². The standard InChI is InChI=1S/C25H22O6/c1-27-18-6-4-5-16(11-18)15-30-20-7-9-21-23(14-20)31-24(25(21)26)13-17-12-19(28-2)8-10-22(17)29-3/h4-14H,15H2,1-3H3/b24-13-. The smallest absolute Gasteiger partial charge is 0.231 e. The lowest BCUT2D eigenvalue weighted by atomic mass is 10.1. The predicted molar refractivity (Wildman–Crippen MR) is 116 cm³/mol. The molecule has 1 aliphatic heterocycles. The van der Waals surface area contributed by atoms with E-state index < -0.39 is 0 Å². The lowest BCUT2D eigenvalue weighted by molar-refractivity contribution is 0.101. The van der Waals surface area contributed by atoms with Gasteiger partial charge in [-0.3, -0.25) is 4.79 Å². The highest BCUT2D eigenvalue weighted by Gasteiger charge is 2.28. The van der Waals surface area contributed by atoms with E-state index in [1.54, 1.807) is 63.8 Å². The van der Waals surface area contributed by atoms with Crippen molar-refractivity contribution in [1.82, 2.24) is 0 Å². The summed E-state index contributed by atoms with van der Waals surface area (Å²) in [7, 11) is 4.78. The van der Waals surface area contributed by atoms with E-state index >= 15 is 0 Å². The van der Waals surface area contributed by atoms with Crippen molar-refractivity contribution in [3.63, 3.8) is 0 Å². The molecule has 0 atom stereocenters. The normalized spacial score (nSPS) is 13.5. The first-order valence-corrected chi connectivity index (χ1v) is 9.67. The third-order valence-corrected chi connectivity index (χ3v) is 4.90. The Bertz CT molecular complexity index is 1150. The number of Topliss-reactive ketones (excluding diaryl/α,β-unsaturated/α-hetero) is 1. The van der Waals surface area contributed by atoms with Gasteiger partial charge in [0.15, 0.2) is 5.76 Å². The van der Waals surface area contributed by atoms with Crippen LogP contribution in [0.4, 0.5) is 0 Å². The second kappa shape index (κ2) is 8.83. The summed E-state index contributed by atoms with van der Waals surface area (Å²) in [5.41, 5.74) is 2.15. The Morgan fingerprint density at radius 1 is 0.839 bits per heavy atom. The van der Waals surface area contributed by atoms with E-state index in [4.69, 9.17) is 23.7 Å². The average Bonchev–Trinajstić information content (AvgIpc) is 3.12. The van der Waals surface area contributed by atoms with E-state index in [1.807, 2.05) is 24.3 Å². The van der Waals surface area contributed by atoms with Gasteiger partial charge in [-0.15, -0.1) is 0 Å². The van der Waals surface area contributed by atoms with Crippen LogP contribution in [0.2, 0.25) is 0 Å². The zero-order chi connectivity index (χ0) is 21.8. The Kier molecular flexibility index (Phi) is 5.80. The van der Waals surface area contributed by atoms with E-state index in [2.05, 4.69) is 0 Å². The van der Waals surface area contributed by atoms with Gasteiger partial charge in [-0.2, -0.15) is 0 Å². The molecule has 31 heavy (non-hydrogen) atoms. The van der Waals surface area contributed by atoms with Gasteiger partial charge >= 0.3 is 0 Å². The van der Waals surface area contributed by atoms with Crippen LogP contribution in [0, 0.1) is 0 Å². The Hall–Kier alpha value is -3.93. The molecule has 0 aliphatic carbocycles. The van der Waals surface area contributed by atoms with Crippen molar-refractivity contribution in [1.29, 1.82) is 0 Å². The van der Waals surface area contributed by atoms with Crippen molar-refractivity contribution in [2.75, 3.05) is 21.3 Å². The van der Waals surface area contributed by atoms with E-state index in [0.29, 0.717) is 40.7 Å². The summed E-state index contributed by atoms with van der Waals surface area (Å²) in [4.78, 5) is 12.8. The van der Waals surface area contributed by atoms with Crippen molar-refractivity contribution < 1.29 is 28.5 Å². The number of allylic oxidation sites excluding steroid dienone is 1. The number of carbonyl (C=O) groups excluding carboxylic acids is 1. The van der Waals surface area contributed by atoms with Crippen LogP contribution in [0.3, 0.4) is 0 Å². The molecule has 3 aromatic carbocycles. The Morgan fingerprint density at radius 3 is 2.39 bits per heavy atom. The third kappa shape index (κ3) is 4.33. The molecular weight excluding hydrogens is 396 g/mol. The van der Waals surface area contributed by atoms with Crippen molar-refractivity contribution in [3.8, 4) is 28.7 Å². The fraction of sp³-hybridized carbons (Fsp3) is 0.160. The number of hydrogen-bond donors (Lipinski definition) is 0. The van der Waals surface area contributed by atoms with Crippen molar-refractivity contribution in [3.05, 3.63) is 83.1 Å². The van der Waals surface area contributed by atoms with Crippen LogP contribution in [-0.4, -0.2) is 27.1 Å². The highest BCUT2D eigenvalue weighted by atomic mass is 16.5. The first kappa shape index (κ1) is 20.3. The SMILES string of the molecule is COc1cccc(COc2ccc3c(c2)O/C(=C\c2cc(OC)ccc2OC)C3=O)c1. The molecule has 0 fully saturated rings. The van der Waals surface area contributed by atoms with Crippen LogP contribution in [-0.2, 0) is 6.61 Å². The van der Waals surface area contributed by atoms with Crippen LogP contribution in [0.15, 0.2) is 66.4 Å². The number of rotatable bonds is 7. The van der Waals surface area contributed by atoms with Gasteiger partial charge < -0.3 is 23.7 Å². The summed E-state index contributed by atoms with van der Waals surface area (Å²) in [5.74, 6) is 3.13. The Labute approximate surface area is 180 Å². The molecule has 0 bridgehead atoms. The maximum absolute atomic E-state index is 12.8. The van der Waals surface area contributed by atoms with Crippen LogP contribution < -0.4 is 23.7 Å². The molecule has 0 saturated carbocycles. The number of methoxy groups -OCH3 is 3. The summed E-state index contributed by atoms with van der Waals surface area (Å²) in [6.07, 6.45) is 1.65. The molecule has 4 rings (SSSR count). The minimum Gasteiger partial charge on any atom is -0.497 e. The zero-order valence-corrected chi connectivity index (χ0v) is 17.5. The maximum Gasteiger partial charge on any atom is 0.231 e. The monoisotopic (exact) mass is 418 g/mol. The van der Waals surface area contributed by atoms with Gasteiger partial charge in [0.1, 0.15) is 35.4 Å². The van der Waals surface area contributed by atoms with E-state index in [1.165, 1.54) is 0 Å². The largest absolute Gasteiger partial charge is 0.497 e. The number of hydrogen-bond acceptors (Lipinski definition) is 6. The highest BCUT2D eigenvalue weighted by Crippen LogP contribution is 2.36. The van der Waals surface area contributed by atoms with Gasteiger partial charge in [0, 0.05) is 11.6 Å². The first-order chi connectivity index (χ1) is 15.1. The topological polar surface area (TPSA) is 63.2 Å². The van der Waals surface area contributed by atoms with Gasteiger partial charge in [0.05, 0.1) is 26.9 Å². The molecule has 6 heteroatoms. The molecule has 0 amide bonds. The molecular formula is C25H22O6. The lowest BCUT2D eigenvalue weighted by Gasteiger charge is -2.09. The third-order valence-electron chi connectivity index (χ3n) is 4.90. The zero-order valence-electron chi connectivity index (χ0n) is 17.5. The van der Waals surface area contributed by atoms with Crippen molar-refractivity contribution in [2.24, 2.45) is 0 Å². The molecule has 6 nitrogen and oxygen atoms in total. The maximum atomic E-state index is 12.8. The summed E-state index contributed by atoms with van der Waals surface area (Å²) >= 11 is 0. The molecule has 1 aliphatic rings. The molecule has 0 spiro atoms. The number of carbonyl (C=O) groups is 1. The van der Waals surface area contributed by atoms with Crippen LogP contribution >= 0.6 is 0 Å². The van der Waals surface area contributed by atoms with Crippen LogP contribution in [0.1, 0.15) is 21.5 Å². The predicted octanol–water partition coefficient (Wildman–Crippen LogP) is 4.91. The molecule has 0 radical (unpaired) electrons. The second-order valence-electron chi connectivity index (χ2n) is 6.85. The van der Waals surface area contributed by atoms with Gasteiger partial charge in [-0.05, 0) is 54.1 Å².